The molecule has 3 aliphatic heterocycles. The summed E-state index contributed by atoms with van der Waals surface area (Å²) < 4.78 is 6.81. The number of benzene rings is 2. The molecule has 4 aromatic rings. The Bertz CT molecular complexity index is 1340. The van der Waals surface area contributed by atoms with Crippen LogP contribution in [0.1, 0.15) is 24.5 Å². The molecule has 3 fully saturated rings. The third-order valence-electron chi connectivity index (χ3n) is 7.34. The van der Waals surface area contributed by atoms with E-state index in [0.717, 1.165) is 46.7 Å². The predicted molar refractivity (Wildman–Crippen MR) is 131 cm³/mol. The SMILES string of the molecule is C=C[C@H]1CN2CC[C@H]1C[C@H]2[C@H](Oc1nnc(Cl)c2ccccc12)c1ccnc2ccccc12. The Labute approximate surface area is 198 Å². The molecule has 6 heteroatoms. The van der Waals surface area contributed by atoms with Gasteiger partial charge in [-0.15, -0.1) is 16.8 Å². The molecule has 3 saturated heterocycles. The van der Waals surface area contributed by atoms with Gasteiger partial charge in [-0.3, -0.25) is 9.88 Å². The smallest absolute Gasteiger partial charge is 0.242 e. The van der Waals surface area contributed by atoms with Gasteiger partial charge in [-0.05, 0) is 49.4 Å². The average Bonchev–Trinajstić information content (AvgIpc) is 2.88. The van der Waals surface area contributed by atoms with Gasteiger partial charge in [-0.2, -0.15) is 0 Å². The van der Waals surface area contributed by atoms with Gasteiger partial charge in [-0.25, -0.2) is 0 Å². The van der Waals surface area contributed by atoms with E-state index in [4.69, 9.17) is 16.3 Å². The van der Waals surface area contributed by atoms with Crippen molar-refractivity contribution < 1.29 is 4.74 Å². The Morgan fingerprint density at radius 1 is 1.03 bits per heavy atom. The summed E-state index contributed by atoms with van der Waals surface area (Å²) in [4.78, 5) is 7.15. The van der Waals surface area contributed by atoms with Gasteiger partial charge in [0, 0.05) is 34.5 Å². The van der Waals surface area contributed by atoms with Crippen molar-refractivity contribution in [2.75, 3.05) is 13.1 Å². The minimum Gasteiger partial charge on any atom is -0.466 e. The molecule has 7 rings (SSSR count). The van der Waals surface area contributed by atoms with E-state index in [9.17, 15) is 0 Å². The van der Waals surface area contributed by atoms with E-state index in [2.05, 4.69) is 57.0 Å². The van der Waals surface area contributed by atoms with Crippen LogP contribution in [0.25, 0.3) is 21.7 Å². The van der Waals surface area contributed by atoms with Crippen molar-refractivity contribution in [3.05, 3.63) is 84.2 Å². The third kappa shape index (κ3) is 3.56. The van der Waals surface area contributed by atoms with Gasteiger partial charge in [0.1, 0.15) is 6.10 Å². The number of fused-ring (bicyclic) bond motifs is 5. The van der Waals surface area contributed by atoms with Crippen molar-refractivity contribution in [3.8, 4) is 5.88 Å². The summed E-state index contributed by atoms with van der Waals surface area (Å²) in [7, 11) is 0. The number of aromatic nitrogens is 3. The standard InChI is InChI=1S/C27H25ClN4O/c1-2-17-16-32-14-12-18(17)15-24(32)25(20-11-13-29-23-10-6-5-7-19(20)23)33-27-22-9-4-3-8-21(22)26(28)30-31-27/h2-11,13,17-18,24-25H,1,12,14-16H2/t17-,18-,24-,25+/m0/s1. The molecule has 1 unspecified atom stereocenters. The first-order chi connectivity index (χ1) is 16.2. The maximum atomic E-state index is 6.81. The number of rotatable bonds is 5. The molecular formula is C27H25ClN4O. The zero-order chi connectivity index (χ0) is 22.4. The normalized spacial score (nSPS) is 25.2. The summed E-state index contributed by atoms with van der Waals surface area (Å²) >= 11 is 6.34. The van der Waals surface area contributed by atoms with Gasteiger partial charge in [-0.1, -0.05) is 54.1 Å². The fraction of sp³-hybridized carbons (Fsp3) is 0.296. The number of ether oxygens (including phenoxy) is 1. The molecule has 5 nitrogen and oxygen atoms in total. The van der Waals surface area contributed by atoms with Crippen molar-refractivity contribution in [2.45, 2.75) is 25.0 Å². The van der Waals surface area contributed by atoms with Crippen LogP contribution in [0.15, 0.2) is 73.4 Å². The van der Waals surface area contributed by atoms with Crippen LogP contribution in [0.5, 0.6) is 5.88 Å². The summed E-state index contributed by atoms with van der Waals surface area (Å²) in [6.07, 6.45) is 6.08. The monoisotopic (exact) mass is 456 g/mol. The first kappa shape index (κ1) is 20.6. The van der Waals surface area contributed by atoms with E-state index in [0.29, 0.717) is 22.9 Å². The lowest BCUT2D eigenvalue weighted by Gasteiger charge is -2.51. The third-order valence-corrected chi connectivity index (χ3v) is 7.62. The van der Waals surface area contributed by atoms with E-state index in [-0.39, 0.29) is 12.1 Å². The maximum absolute atomic E-state index is 6.81. The van der Waals surface area contributed by atoms with Gasteiger partial charge in [0.2, 0.25) is 5.88 Å². The molecule has 2 bridgehead atoms. The Balaban J connectivity index is 1.48. The molecular weight excluding hydrogens is 432 g/mol. The Morgan fingerprint density at radius 3 is 2.61 bits per heavy atom. The van der Waals surface area contributed by atoms with Crippen LogP contribution in [0.2, 0.25) is 5.15 Å². The highest BCUT2D eigenvalue weighted by Crippen LogP contribution is 2.44. The van der Waals surface area contributed by atoms with E-state index >= 15 is 0 Å². The largest absolute Gasteiger partial charge is 0.466 e. The van der Waals surface area contributed by atoms with Crippen molar-refractivity contribution >= 4 is 33.3 Å². The zero-order valence-electron chi connectivity index (χ0n) is 18.3. The zero-order valence-corrected chi connectivity index (χ0v) is 19.0. The van der Waals surface area contributed by atoms with Crippen LogP contribution >= 0.6 is 11.6 Å². The van der Waals surface area contributed by atoms with Crippen molar-refractivity contribution in [1.29, 1.82) is 0 Å². The van der Waals surface area contributed by atoms with Gasteiger partial charge >= 0.3 is 0 Å². The van der Waals surface area contributed by atoms with Gasteiger partial charge in [0.25, 0.3) is 0 Å². The topological polar surface area (TPSA) is 51.1 Å². The average molecular weight is 457 g/mol. The van der Waals surface area contributed by atoms with E-state index in [1.165, 1.54) is 6.42 Å². The highest BCUT2D eigenvalue weighted by molar-refractivity contribution is 6.34. The van der Waals surface area contributed by atoms with Crippen LogP contribution in [0, 0.1) is 11.8 Å². The summed E-state index contributed by atoms with van der Waals surface area (Å²) in [5.74, 6) is 1.69. The molecule has 33 heavy (non-hydrogen) atoms. The molecule has 0 spiro atoms. The minimum atomic E-state index is -0.203. The molecule has 0 aliphatic carbocycles. The van der Waals surface area contributed by atoms with Crippen molar-refractivity contribution in [2.24, 2.45) is 11.8 Å². The molecule has 0 amide bonds. The Morgan fingerprint density at radius 2 is 1.82 bits per heavy atom. The fourth-order valence-electron chi connectivity index (χ4n) is 5.66. The molecule has 2 aromatic heterocycles. The van der Waals surface area contributed by atoms with Crippen LogP contribution in [-0.2, 0) is 0 Å². The second kappa shape index (κ2) is 8.40. The number of pyridine rings is 1. The summed E-state index contributed by atoms with van der Waals surface area (Å²) in [5, 5.41) is 11.8. The number of halogens is 1. The number of hydrogen-bond acceptors (Lipinski definition) is 5. The quantitative estimate of drug-likeness (QED) is 0.353. The van der Waals surface area contributed by atoms with Gasteiger partial charge < -0.3 is 4.74 Å². The number of nitrogens with zero attached hydrogens (tertiary/aromatic N) is 4. The highest BCUT2D eigenvalue weighted by Gasteiger charge is 2.44. The second-order valence-corrected chi connectivity index (χ2v) is 9.40. The first-order valence-corrected chi connectivity index (χ1v) is 11.9. The van der Waals surface area contributed by atoms with Crippen molar-refractivity contribution in [1.82, 2.24) is 20.1 Å². The summed E-state index contributed by atoms with van der Waals surface area (Å²) in [6.45, 7) is 6.19. The molecule has 2 aromatic carbocycles. The summed E-state index contributed by atoms with van der Waals surface area (Å²) in [5.41, 5.74) is 2.10. The lowest BCUT2D eigenvalue weighted by Crippen LogP contribution is -2.55. The van der Waals surface area contributed by atoms with Crippen LogP contribution in [0.4, 0.5) is 0 Å². The number of hydrogen-bond donors (Lipinski definition) is 0. The lowest BCUT2D eigenvalue weighted by atomic mass is 9.73. The van der Waals surface area contributed by atoms with E-state index in [1.54, 1.807) is 0 Å². The molecule has 0 saturated carbocycles. The molecule has 0 radical (unpaired) electrons. The Kier molecular flexibility index (Phi) is 5.24. The van der Waals surface area contributed by atoms with Crippen LogP contribution in [-0.4, -0.2) is 39.2 Å². The summed E-state index contributed by atoms with van der Waals surface area (Å²) in [6, 6.07) is 18.5. The minimum absolute atomic E-state index is 0.203. The first-order valence-electron chi connectivity index (χ1n) is 11.5. The van der Waals surface area contributed by atoms with Gasteiger partial charge in [0.05, 0.1) is 11.6 Å². The number of para-hydroxylation sites is 1. The number of piperidine rings is 3. The lowest BCUT2D eigenvalue weighted by molar-refractivity contribution is -0.0366. The second-order valence-electron chi connectivity index (χ2n) is 9.04. The molecule has 0 N–H and O–H groups in total. The maximum Gasteiger partial charge on any atom is 0.242 e. The van der Waals surface area contributed by atoms with Crippen LogP contribution in [0.3, 0.4) is 0 Å². The Hall–Kier alpha value is -3.02. The van der Waals surface area contributed by atoms with E-state index in [1.807, 2.05) is 36.5 Å². The molecule has 3 aliphatic rings. The molecule has 166 valence electrons. The van der Waals surface area contributed by atoms with Gasteiger partial charge in [0.15, 0.2) is 5.15 Å². The highest BCUT2D eigenvalue weighted by atomic mass is 35.5. The van der Waals surface area contributed by atoms with Crippen LogP contribution < -0.4 is 4.74 Å². The van der Waals surface area contributed by atoms with Crippen molar-refractivity contribution in [3.63, 3.8) is 0 Å². The van der Waals surface area contributed by atoms with E-state index < -0.39 is 0 Å². The predicted octanol–water partition coefficient (Wildman–Crippen LogP) is 5.85. The fourth-order valence-corrected chi connectivity index (χ4v) is 5.86. The molecule has 5 atom stereocenters. The molecule has 5 heterocycles.